The van der Waals surface area contributed by atoms with Gasteiger partial charge in [0.25, 0.3) is 0 Å². The van der Waals surface area contributed by atoms with Crippen molar-refractivity contribution in [3.05, 3.63) is 0 Å². The molecule has 0 spiro atoms. The van der Waals surface area contributed by atoms with Gasteiger partial charge in [0.15, 0.2) is 0 Å². The first-order chi connectivity index (χ1) is 8.54. The lowest BCUT2D eigenvalue weighted by Crippen LogP contribution is -2.64. The molecule has 106 valence electrons. The average Bonchev–Trinajstić information content (AvgIpc) is 2.27. The van der Waals surface area contributed by atoms with Crippen molar-refractivity contribution in [3.8, 4) is 0 Å². The Morgan fingerprint density at radius 1 is 1.33 bits per heavy atom. The zero-order chi connectivity index (χ0) is 13.2. The van der Waals surface area contributed by atoms with Crippen LogP contribution in [0, 0.1) is 11.8 Å². The maximum absolute atomic E-state index is 3.78. The highest BCUT2D eigenvalue weighted by atomic mass is 15.3. The van der Waals surface area contributed by atoms with E-state index in [0.29, 0.717) is 5.54 Å². The van der Waals surface area contributed by atoms with Gasteiger partial charge in [-0.3, -0.25) is 4.90 Å². The van der Waals surface area contributed by atoms with E-state index in [0.717, 1.165) is 17.9 Å². The zero-order valence-electron chi connectivity index (χ0n) is 12.8. The lowest BCUT2D eigenvalue weighted by atomic mass is 9.82. The molecule has 2 atom stereocenters. The van der Waals surface area contributed by atoms with E-state index < -0.39 is 0 Å². The van der Waals surface area contributed by atoms with Gasteiger partial charge >= 0.3 is 0 Å². The van der Waals surface area contributed by atoms with Crippen LogP contribution in [0.5, 0.6) is 0 Å². The molecule has 0 amide bonds. The molecular formula is C16H32N2. The van der Waals surface area contributed by atoms with Crippen LogP contribution in [-0.2, 0) is 0 Å². The van der Waals surface area contributed by atoms with Gasteiger partial charge in [-0.2, -0.15) is 0 Å². The summed E-state index contributed by atoms with van der Waals surface area (Å²) in [5.74, 6) is 1.81. The van der Waals surface area contributed by atoms with Crippen molar-refractivity contribution in [1.29, 1.82) is 0 Å². The minimum absolute atomic E-state index is 0.338. The van der Waals surface area contributed by atoms with Crippen molar-refractivity contribution >= 4 is 0 Å². The molecule has 0 aromatic rings. The molecule has 1 N–H and O–H groups in total. The number of nitrogens with zero attached hydrogens (tertiary/aromatic N) is 1. The summed E-state index contributed by atoms with van der Waals surface area (Å²) in [4.78, 5) is 2.78. The summed E-state index contributed by atoms with van der Waals surface area (Å²) in [5, 5.41) is 3.78. The van der Waals surface area contributed by atoms with Crippen molar-refractivity contribution in [2.45, 2.75) is 71.4 Å². The van der Waals surface area contributed by atoms with Crippen LogP contribution in [0.4, 0.5) is 0 Å². The number of rotatable bonds is 5. The molecule has 0 aromatic heterocycles. The van der Waals surface area contributed by atoms with E-state index in [2.05, 4.69) is 37.9 Å². The number of hydrogen-bond donors (Lipinski definition) is 1. The van der Waals surface area contributed by atoms with Crippen LogP contribution in [0.25, 0.3) is 0 Å². The smallest absolute Gasteiger partial charge is 0.0278 e. The van der Waals surface area contributed by atoms with Gasteiger partial charge in [0.05, 0.1) is 0 Å². The number of hydrogen-bond acceptors (Lipinski definition) is 2. The van der Waals surface area contributed by atoms with Crippen LogP contribution in [-0.4, -0.2) is 36.1 Å². The monoisotopic (exact) mass is 252 g/mol. The Morgan fingerprint density at radius 2 is 2.06 bits per heavy atom. The Hall–Kier alpha value is -0.0800. The van der Waals surface area contributed by atoms with E-state index in [9.17, 15) is 0 Å². The minimum Gasteiger partial charge on any atom is -0.309 e. The van der Waals surface area contributed by atoms with Crippen LogP contribution in [0.2, 0.25) is 0 Å². The van der Waals surface area contributed by atoms with Gasteiger partial charge in [-0.1, -0.05) is 40.0 Å². The van der Waals surface area contributed by atoms with Crippen LogP contribution >= 0.6 is 0 Å². The van der Waals surface area contributed by atoms with Crippen LogP contribution in [0.3, 0.4) is 0 Å². The summed E-state index contributed by atoms with van der Waals surface area (Å²) in [6.45, 7) is 13.2. The Balaban J connectivity index is 1.90. The van der Waals surface area contributed by atoms with Crippen LogP contribution in [0.15, 0.2) is 0 Å². The molecule has 1 aliphatic heterocycles. The highest BCUT2D eigenvalue weighted by Crippen LogP contribution is 2.31. The fourth-order valence-electron chi connectivity index (χ4n) is 3.37. The van der Waals surface area contributed by atoms with Crippen LogP contribution < -0.4 is 5.32 Å². The molecular weight excluding hydrogens is 220 g/mol. The molecule has 1 heterocycles. The van der Waals surface area contributed by atoms with Gasteiger partial charge in [0.2, 0.25) is 0 Å². The van der Waals surface area contributed by atoms with Gasteiger partial charge in [-0.25, -0.2) is 0 Å². The molecule has 2 fully saturated rings. The molecule has 18 heavy (non-hydrogen) atoms. The molecule has 2 heteroatoms. The Bertz CT molecular complexity index is 260. The van der Waals surface area contributed by atoms with Gasteiger partial charge in [0.1, 0.15) is 0 Å². The third kappa shape index (κ3) is 3.27. The van der Waals surface area contributed by atoms with E-state index in [1.807, 2.05) is 0 Å². The fourth-order valence-corrected chi connectivity index (χ4v) is 3.37. The lowest BCUT2D eigenvalue weighted by molar-refractivity contribution is 0.0517. The second kappa shape index (κ2) is 5.92. The second-order valence-electron chi connectivity index (χ2n) is 7.16. The standard InChI is InChI=1S/C16H32N2/c1-5-16(4)12-18(10-9-14-7-6-8-14)15(11-17-16)13(2)3/h13-15,17H,5-12H2,1-4H3. The third-order valence-corrected chi connectivity index (χ3v) is 5.36. The van der Waals surface area contributed by atoms with Gasteiger partial charge in [-0.15, -0.1) is 0 Å². The third-order valence-electron chi connectivity index (χ3n) is 5.36. The van der Waals surface area contributed by atoms with Gasteiger partial charge < -0.3 is 5.32 Å². The zero-order valence-corrected chi connectivity index (χ0v) is 12.8. The first-order valence-corrected chi connectivity index (χ1v) is 8.03. The largest absolute Gasteiger partial charge is 0.309 e. The SMILES string of the molecule is CCC1(C)CN(CCC2CCC2)C(C(C)C)CN1. The molecule has 0 aromatic carbocycles. The molecule has 1 saturated heterocycles. The maximum Gasteiger partial charge on any atom is 0.0278 e. The summed E-state index contributed by atoms with van der Waals surface area (Å²) >= 11 is 0. The van der Waals surface area contributed by atoms with E-state index >= 15 is 0 Å². The summed E-state index contributed by atoms with van der Waals surface area (Å²) < 4.78 is 0. The lowest BCUT2D eigenvalue weighted by Gasteiger charge is -2.48. The highest BCUT2D eigenvalue weighted by Gasteiger charge is 2.35. The van der Waals surface area contributed by atoms with Gasteiger partial charge in [0, 0.05) is 24.7 Å². The van der Waals surface area contributed by atoms with Crippen molar-refractivity contribution in [2.75, 3.05) is 19.6 Å². The van der Waals surface area contributed by atoms with E-state index in [1.165, 1.54) is 51.7 Å². The average molecular weight is 252 g/mol. The van der Waals surface area contributed by atoms with E-state index in [1.54, 1.807) is 0 Å². The topological polar surface area (TPSA) is 15.3 Å². The Kier molecular flexibility index (Phi) is 4.71. The Labute approximate surface area is 114 Å². The molecule has 2 aliphatic rings. The normalized spacial score (nSPS) is 34.8. The van der Waals surface area contributed by atoms with E-state index in [4.69, 9.17) is 0 Å². The molecule has 2 rings (SSSR count). The molecule has 1 saturated carbocycles. The maximum atomic E-state index is 3.78. The van der Waals surface area contributed by atoms with Crippen molar-refractivity contribution in [3.63, 3.8) is 0 Å². The minimum atomic E-state index is 0.338. The summed E-state index contributed by atoms with van der Waals surface area (Å²) in [6.07, 6.45) is 7.13. The fraction of sp³-hybridized carbons (Fsp3) is 1.00. The number of nitrogens with one attached hydrogen (secondary N) is 1. The number of piperazine rings is 1. The summed E-state index contributed by atoms with van der Waals surface area (Å²) in [6, 6.07) is 0.740. The molecule has 2 nitrogen and oxygen atoms in total. The van der Waals surface area contributed by atoms with Crippen LogP contribution in [0.1, 0.15) is 59.8 Å². The Morgan fingerprint density at radius 3 is 2.56 bits per heavy atom. The molecule has 1 aliphatic carbocycles. The summed E-state index contributed by atoms with van der Waals surface area (Å²) in [5.41, 5.74) is 0.338. The molecule has 2 unspecified atom stereocenters. The first kappa shape index (κ1) is 14.3. The second-order valence-corrected chi connectivity index (χ2v) is 7.16. The quantitative estimate of drug-likeness (QED) is 0.808. The first-order valence-electron chi connectivity index (χ1n) is 8.03. The van der Waals surface area contributed by atoms with Crippen molar-refractivity contribution < 1.29 is 0 Å². The van der Waals surface area contributed by atoms with Crippen molar-refractivity contribution in [2.24, 2.45) is 11.8 Å². The predicted octanol–water partition coefficient (Wildman–Crippen LogP) is 3.28. The van der Waals surface area contributed by atoms with Crippen molar-refractivity contribution in [1.82, 2.24) is 10.2 Å². The highest BCUT2D eigenvalue weighted by molar-refractivity contribution is 4.95. The molecule has 0 radical (unpaired) electrons. The molecule has 0 bridgehead atoms. The summed E-state index contributed by atoms with van der Waals surface area (Å²) in [7, 11) is 0. The predicted molar refractivity (Wildman–Crippen MR) is 78.9 cm³/mol. The van der Waals surface area contributed by atoms with Gasteiger partial charge in [-0.05, 0) is 38.1 Å². The van der Waals surface area contributed by atoms with E-state index in [-0.39, 0.29) is 0 Å².